The van der Waals surface area contributed by atoms with Gasteiger partial charge in [-0.25, -0.2) is 8.42 Å². The van der Waals surface area contributed by atoms with E-state index in [-0.39, 0.29) is 6.04 Å². The topological polar surface area (TPSA) is 60.2 Å². The van der Waals surface area contributed by atoms with Gasteiger partial charge >= 0.3 is 0 Å². The number of hydrogen-bond donors (Lipinski definition) is 1. The summed E-state index contributed by atoms with van der Waals surface area (Å²) in [6.07, 6.45) is 1.19. The van der Waals surface area contributed by atoms with E-state index in [4.69, 9.17) is 5.73 Å². The fraction of sp³-hybridized carbons (Fsp3) is 0.167. The summed E-state index contributed by atoms with van der Waals surface area (Å²) in [5.41, 5.74) is 7.06. The van der Waals surface area contributed by atoms with Crippen LogP contribution in [0, 0.1) is 0 Å². The van der Waals surface area contributed by atoms with Crippen molar-refractivity contribution in [1.82, 2.24) is 0 Å². The number of halogens is 2. The lowest BCUT2D eigenvalue weighted by Crippen LogP contribution is -2.10. The van der Waals surface area contributed by atoms with Crippen LogP contribution in [0.1, 0.15) is 16.5 Å². The number of hydrogen-bond acceptors (Lipinski definition) is 4. The van der Waals surface area contributed by atoms with Crippen LogP contribution >= 0.6 is 43.2 Å². The number of rotatable bonds is 3. The zero-order chi connectivity index (χ0) is 14.2. The number of thiophene rings is 1. The van der Waals surface area contributed by atoms with Gasteiger partial charge < -0.3 is 5.73 Å². The Morgan fingerprint density at radius 1 is 1.21 bits per heavy atom. The molecule has 0 fully saturated rings. The molecule has 1 aromatic carbocycles. The van der Waals surface area contributed by atoms with E-state index in [0.717, 1.165) is 18.7 Å². The average Bonchev–Trinajstić information content (AvgIpc) is 2.68. The molecule has 3 nitrogen and oxygen atoms in total. The molecule has 1 unspecified atom stereocenters. The molecule has 0 radical (unpaired) electrons. The van der Waals surface area contributed by atoms with Crippen molar-refractivity contribution in [2.24, 2.45) is 5.73 Å². The third-order valence-electron chi connectivity index (χ3n) is 2.64. The molecule has 0 bridgehead atoms. The van der Waals surface area contributed by atoms with E-state index in [1.54, 1.807) is 35.6 Å². The lowest BCUT2D eigenvalue weighted by molar-refractivity contribution is 0.602. The molecular formula is C12H11Br2NO2S2. The summed E-state index contributed by atoms with van der Waals surface area (Å²) >= 11 is 8.41. The molecule has 7 heteroatoms. The third-order valence-corrected chi connectivity index (χ3v) is 7.11. The van der Waals surface area contributed by atoms with Crippen LogP contribution < -0.4 is 5.73 Å². The lowest BCUT2D eigenvalue weighted by atomic mass is 10.1. The fourth-order valence-electron chi connectivity index (χ4n) is 1.60. The Bertz CT molecular complexity index is 674. The Balaban J connectivity index is 2.32. The summed E-state index contributed by atoms with van der Waals surface area (Å²) < 4.78 is 24.7. The normalized spacial score (nSPS) is 13.5. The van der Waals surface area contributed by atoms with Gasteiger partial charge in [-0.05, 0) is 55.6 Å². The van der Waals surface area contributed by atoms with Crippen LogP contribution in [-0.4, -0.2) is 14.7 Å². The largest absolute Gasteiger partial charge is 0.320 e. The summed E-state index contributed by atoms with van der Waals surface area (Å²) in [4.78, 5) is 1.31. The van der Waals surface area contributed by atoms with Crippen LogP contribution in [-0.2, 0) is 9.84 Å². The summed E-state index contributed by atoms with van der Waals surface area (Å²) in [5, 5.41) is 0. The molecule has 0 saturated carbocycles. The minimum atomic E-state index is -3.17. The van der Waals surface area contributed by atoms with Gasteiger partial charge in [0.25, 0.3) is 0 Å². The van der Waals surface area contributed by atoms with Crippen LogP contribution in [0.25, 0.3) is 0 Å². The van der Waals surface area contributed by atoms with Crippen molar-refractivity contribution in [3.63, 3.8) is 0 Å². The number of sulfone groups is 1. The summed E-state index contributed by atoms with van der Waals surface area (Å²) in [5.74, 6) is 0. The zero-order valence-corrected chi connectivity index (χ0v) is 14.7. The van der Waals surface area contributed by atoms with E-state index >= 15 is 0 Å². The molecule has 0 aliphatic heterocycles. The molecule has 19 heavy (non-hydrogen) atoms. The van der Waals surface area contributed by atoms with Crippen molar-refractivity contribution < 1.29 is 8.42 Å². The maximum atomic E-state index is 11.4. The molecule has 0 saturated heterocycles. The SMILES string of the molecule is CS(=O)(=O)c1ccc(C(N)c2cc(Br)c(Br)s2)cc1. The third kappa shape index (κ3) is 3.46. The Morgan fingerprint density at radius 2 is 1.79 bits per heavy atom. The first kappa shape index (κ1) is 15.2. The van der Waals surface area contributed by atoms with Crippen molar-refractivity contribution in [1.29, 1.82) is 0 Å². The second kappa shape index (κ2) is 5.65. The Hall–Kier alpha value is -0.210. The van der Waals surface area contributed by atoms with Crippen molar-refractivity contribution in [3.05, 3.63) is 49.0 Å². The molecule has 102 valence electrons. The van der Waals surface area contributed by atoms with E-state index in [1.165, 1.54) is 6.26 Å². The molecule has 0 aliphatic carbocycles. The number of benzene rings is 1. The first-order valence-corrected chi connectivity index (χ1v) is 9.59. The molecule has 2 rings (SSSR count). The van der Waals surface area contributed by atoms with Gasteiger partial charge in [0.2, 0.25) is 0 Å². The molecule has 2 N–H and O–H groups in total. The van der Waals surface area contributed by atoms with Crippen LogP contribution in [0.5, 0.6) is 0 Å². The Labute approximate surface area is 133 Å². The highest BCUT2D eigenvalue weighted by molar-refractivity contribution is 9.13. The van der Waals surface area contributed by atoms with Gasteiger partial charge in [-0.1, -0.05) is 12.1 Å². The van der Waals surface area contributed by atoms with Crippen LogP contribution in [0.2, 0.25) is 0 Å². The second-order valence-corrected chi connectivity index (χ2v) is 9.36. The molecule has 1 aromatic heterocycles. The van der Waals surface area contributed by atoms with E-state index < -0.39 is 9.84 Å². The summed E-state index contributed by atoms with van der Waals surface area (Å²) in [6, 6.07) is 8.38. The van der Waals surface area contributed by atoms with Crippen molar-refractivity contribution in [2.75, 3.05) is 6.26 Å². The van der Waals surface area contributed by atoms with Gasteiger partial charge in [0.1, 0.15) is 0 Å². The van der Waals surface area contributed by atoms with Gasteiger partial charge in [0.15, 0.2) is 9.84 Å². The monoisotopic (exact) mass is 423 g/mol. The maximum absolute atomic E-state index is 11.4. The molecule has 2 aromatic rings. The van der Waals surface area contributed by atoms with Gasteiger partial charge in [-0.2, -0.15) is 0 Å². The summed E-state index contributed by atoms with van der Waals surface area (Å²) in [6.45, 7) is 0. The Kier molecular flexibility index (Phi) is 4.52. The van der Waals surface area contributed by atoms with Crippen molar-refractivity contribution in [2.45, 2.75) is 10.9 Å². The quantitative estimate of drug-likeness (QED) is 0.816. The van der Waals surface area contributed by atoms with E-state index in [9.17, 15) is 8.42 Å². The molecule has 0 aliphatic rings. The fourth-order valence-corrected chi connectivity index (χ4v) is 4.35. The predicted molar refractivity (Wildman–Crippen MR) is 85.3 cm³/mol. The molecule has 1 heterocycles. The van der Waals surface area contributed by atoms with Crippen LogP contribution in [0.4, 0.5) is 0 Å². The molecule has 1 atom stereocenters. The standard InChI is InChI=1S/C12H11Br2NO2S2/c1-19(16,17)8-4-2-7(3-5-8)11(15)10-6-9(13)12(14)18-10/h2-6,11H,15H2,1H3. The lowest BCUT2D eigenvalue weighted by Gasteiger charge is -2.10. The zero-order valence-electron chi connectivity index (χ0n) is 9.93. The van der Waals surface area contributed by atoms with Gasteiger partial charge in [0.05, 0.1) is 14.7 Å². The highest BCUT2D eigenvalue weighted by atomic mass is 79.9. The van der Waals surface area contributed by atoms with Crippen LogP contribution in [0.3, 0.4) is 0 Å². The van der Waals surface area contributed by atoms with Gasteiger partial charge in [-0.3, -0.25) is 0 Å². The maximum Gasteiger partial charge on any atom is 0.175 e. The van der Waals surface area contributed by atoms with E-state index in [1.807, 2.05) is 6.07 Å². The highest BCUT2D eigenvalue weighted by Crippen LogP contribution is 2.36. The first-order valence-electron chi connectivity index (χ1n) is 5.29. The van der Waals surface area contributed by atoms with Gasteiger partial charge in [-0.15, -0.1) is 11.3 Å². The van der Waals surface area contributed by atoms with Crippen LogP contribution in [0.15, 0.2) is 43.5 Å². The number of nitrogens with two attached hydrogens (primary N) is 1. The summed E-state index contributed by atoms with van der Waals surface area (Å²) in [7, 11) is -3.17. The predicted octanol–water partition coefficient (Wildman–Crippen LogP) is 3.72. The van der Waals surface area contributed by atoms with Crippen molar-refractivity contribution in [3.8, 4) is 0 Å². The minimum absolute atomic E-state index is 0.263. The van der Waals surface area contributed by atoms with Crippen molar-refractivity contribution >= 4 is 53.0 Å². The second-order valence-electron chi connectivity index (χ2n) is 4.09. The van der Waals surface area contributed by atoms with E-state index in [2.05, 4.69) is 31.9 Å². The average molecular weight is 425 g/mol. The molecule has 0 spiro atoms. The first-order chi connectivity index (χ1) is 8.79. The molecular weight excluding hydrogens is 414 g/mol. The smallest absolute Gasteiger partial charge is 0.175 e. The van der Waals surface area contributed by atoms with E-state index in [0.29, 0.717) is 4.90 Å². The minimum Gasteiger partial charge on any atom is -0.320 e. The highest BCUT2D eigenvalue weighted by Gasteiger charge is 2.15. The molecule has 0 amide bonds. The van der Waals surface area contributed by atoms with Gasteiger partial charge in [0, 0.05) is 15.6 Å². The Morgan fingerprint density at radius 3 is 2.21 bits per heavy atom.